The molecule has 0 fully saturated rings. The van der Waals surface area contributed by atoms with Crippen LogP contribution in [0.5, 0.6) is 5.75 Å². The van der Waals surface area contributed by atoms with Crippen LogP contribution in [0.1, 0.15) is 30.9 Å². The Hall–Kier alpha value is -1.96. The quantitative estimate of drug-likeness (QED) is 0.730. The van der Waals surface area contributed by atoms with Gasteiger partial charge in [-0.1, -0.05) is 43.2 Å². The molecule has 2 heteroatoms. The average Bonchev–Trinajstić information content (AvgIpc) is 2.47. The van der Waals surface area contributed by atoms with Crippen molar-refractivity contribution in [2.24, 2.45) is 0 Å². The first kappa shape index (κ1) is 14.4. The number of aryl methyl sites for hydroxylation is 1. The summed E-state index contributed by atoms with van der Waals surface area (Å²) in [7, 11) is 0. The number of rotatable bonds is 7. The van der Waals surface area contributed by atoms with Gasteiger partial charge in [0.15, 0.2) is 0 Å². The Kier molecular flexibility index (Phi) is 5.48. The van der Waals surface area contributed by atoms with Gasteiger partial charge in [-0.3, -0.25) is 0 Å². The SMILES string of the molecule is CCCCOc1cccc(CNc2ccc(C)cc2)c1. The third kappa shape index (κ3) is 4.61. The number of anilines is 1. The Labute approximate surface area is 121 Å². The number of ether oxygens (including phenoxy) is 1. The maximum absolute atomic E-state index is 5.73. The summed E-state index contributed by atoms with van der Waals surface area (Å²) in [6.07, 6.45) is 2.26. The van der Waals surface area contributed by atoms with Gasteiger partial charge in [0.25, 0.3) is 0 Å². The molecule has 20 heavy (non-hydrogen) atoms. The van der Waals surface area contributed by atoms with Crippen LogP contribution in [-0.2, 0) is 6.54 Å². The molecule has 0 aromatic heterocycles. The molecule has 0 atom stereocenters. The van der Waals surface area contributed by atoms with Crippen molar-refractivity contribution in [2.45, 2.75) is 33.2 Å². The van der Waals surface area contributed by atoms with E-state index in [0.29, 0.717) is 0 Å². The van der Waals surface area contributed by atoms with Crippen molar-refractivity contribution in [3.8, 4) is 5.75 Å². The zero-order chi connectivity index (χ0) is 14.2. The Bertz CT molecular complexity index is 519. The molecule has 0 aliphatic carbocycles. The van der Waals surface area contributed by atoms with E-state index in [0.717, 1.165) is 37.4 Å². The fraction of sp³-hybridized carbons (Fsp3) is 0.333. The van der Waals surface area contributed by atoms with Crippen LogP contribution in [-0.4, -0.2) is 6.61 Å². The summed E-state index contributed by atoms with van der Waals surface area (Å²) in [5.41, 5.74) is 3.66. The zero-order valence-electron chi connectivity index (χ0n) is 12.4. The first-order valence-electron chi connectivity index (χ1n) is 7.30. The highest BCUT2D eigenvalue weighted by atomic mass is 16.5. The van der Waals surface area contributed by atoms with Crippen molar-refractivity contribution in [1.29, 1.82) is 0 Å². The summed E-state index contributed by atoms with van der Waals surface area (Å²) in [5.74, 6) is 0.960. The second-order valence-electron chi connectivity index (χ2n) is 5.07. The molecule has 0 amide bonds. The van der Waals surface area contributed by atoms with E-state index in [1.807, 2.05) is 12.1 Å². The molecule has 0 unspecified atom stereocenters. The first-order chi connectivity index (χ1) is 9.78. The van der Waals surface area contributed by atoms with Crippen molar-refractivity contribution < 1.29 is 4.74 Å². The number of unbranched alkanes of at least 4 members (excludes halogenated alkanes) is 1. The molecule has 0 spiro atoms. The highest BCUT2D eigenvalue weighted by Gasteiger charge is 1.98. The van der Waals surface area contributed by atoms with Crippen LogP contribution in [0, 0.1) is 6.92 Å². The molecule has 2 aromatic rings. The summed E-state index contributed by atoms with van der Waals surface area (Å²) < 4.78 is 5.73. The van der Waals surface area contributed by atoms with Gasteiger partial charge in [0.1, 0.15) is 5.75 Å². The molecular formula is C18H23NO. The summed E-state index contributed by atoms with van der Waals surface area (Å²) in [6, 6.07) is 16.7. The van der Waals surface area contributed by atoms with E-state index in [9.17, 15) is 0 Å². The molecule has 0 radical (unpaired) electrons. The number of hydrogen-bond acceptors (Lipinski definition) is 2. The molecule has 0 bridgehead atoms. The van der Waals surface area contributed by atoms with E-state index >= 15 is 0 Å². The fourth-order valence-corrected chi connectivity index (χ4v) is 1.96. The normalized spacial score (nSPS) is 10.3. The smallest absolute Gasteiger partial charge is 0.119 e. The summed E-state index contributed by atoms with van der Waals surface area (Å²) in [6.45, 7) is 5.88. The van der Waals surface area contributed by atoms with Crippen LogP contribution in [0.25, 0.3) is 0 Å². The minimum absolute atomic E-state index is 0.797. The van der Waals surface area contributed by atoms with E-state index in [1.54, 1.807) is 0 Å². The second-order valence-corrected chi connectivity index (χ2v) is 5.07. The van der Waals surface area contributed by atoms with Gasteiger partial charge in [0, 0.05) is 12.2 Å². The van der Waals surface area contributed by atoms with Gasteiger partial charge in [-0.25, -0.2) is 0 Å². The predicted molar refractivity (Wildman–Crippen MR) is 85.4 cm³/mol. The van der Waals surface area contributed by atoms with Gasteiger partial charge in [0.2, 0.25) is 0 Å². The Balaban J connectivity index is 1.89. The minimum Gasteiger partial charge on any atom is -0.494 e. The summed E-state index contributed by atoms with van der Waals surface area (Å²) in [5, 5.41) is 3.43. The standard InChI is InChI=1S/C18H23NO/c1-3-4-12-20-18-7-5-6-16(13-18)14-19-17-10-8-15(2)9-11-17/h5-11,13,19H,3-4,12,14H2,1-2H3. The van der Waals surface area contributed by atoms with E-state index in [1.165, 1.54) is 11.1 Å². The Morgan fingerprint density at radius 2 is 1.85 bits per heavy atom. The Morgan fingerprint density at radius 3 is 2.60 bits per heavy atom. The minimum atomic E-state index is 0.797. The van der Waals surface area contributed by atoms with Crippen LogP contribution in [0.2, 0.25) is 0 Å². The third-order valence-electron chi connectivity index (χ3n) is 3.21. The molecule has 106 valence electrons. The Morgan fingerprint density at radius 1 is 1.05 bits per heavy atom. The van der Waals surface area contributed by atoms with E-state index in [2.05, 4.69) is 55.6 Å². The molecule has 1 N–H and O–H groups in total. The van der Waals surface area contributed by atoms with Gasteiger partial charge < -0.3 is 10.1 Å². The zero-order valence-corrected chi connectivity index (χ0v) is 12.4. The number of hydrogen-bond donors (Lipinski definition) is 1. The third-order valence-corrected chi connectivity index (χ3v) is 3.21. The molecule has 2 rings (SSSR count). The first-order valence-corrected chi connectivity index (χ1v) is 7.30. The lowest BCUT2D eigenvalue weighted by Crippen LogP contribution is -2.01. The van der Waals surface area contributed by atoms with Crippen molar-refractivity contribution in [3.63, 3.8) is 0 Å². The molecule has 2 nitrogen and oxygen atoms in total. The van der Waals surface area contributed by atoms with Crippen LogP contribution in [0.3, 0.4) is 0 Å². The largest absolute Gasteiger partial charge is 0.494 e. The molecule has 0 heterocycles. The maximum Gasteiger partial charge on any atom is 0.119 e. The van der Waals surface area contributed by atoms with Crippen LogP contribution < -0.4 is 10.1 Å². The molecular weight excluding hydrogens is 246 g/mol. The summed E-state index contributed by atoms with van der Waals surface area (Å²) >= 11 is 0. The van der Waals surface area contributed by atoms with Gasteiger partial charge in [-0.15, -0.1) is 0 Å². The monoisotopic (exact) mass is 269 g/mol. The van der Waals surface area contributed by atoms with E-state index in [-0.39, 0.29) is 0 Å². The maximum atomic E-state index is 5.73. The van der Waals surface area contributed by atoms with Gasteiger partial charge in [-0.05, 0) is 43.2 Å². The molecule has 0 aliphatic rings. The van der Waals surface area contributed by atoms with Crippen molar-refractivity contribution >= 4 is 5.69 Å². The summed E-state index contributed by atoms with van der Waals surface area (Å²) in [4.78, 5) is 0. The van der Waals surface area contributed by atoms with E-state index in [4.69, 9.17) is 4.74 Å². The average molecular weight is 269 g/mol. The molecule has 0 saturated carbocycles. The topological polar surface area (TPSA) is 21.3 Å². The van der Waals surface area contributed by atoms with Crippen LogP contribution in [0.15, 0.2) is 48.5 Å². The lowest BCUT2D eigenvalue weighted by atomic mass is 10.2. The van der Waals surface area contributed by atoms with Crippen LogP contribution >= 0.6 is 0 Å². The van der Waals surface area contributed by atoms with Crippen molar-refractivity contribution in [1.82, 2.24) is 0 Å². The molecule has 0 saturated heterocycles. The lowest BCUT2D eigenvalue weighted by Gasteiger charge is -2.09. The second kappa shape index (κ2) is 7.59. The van der Waals surface area contributed by atoms with Gasteiger partial charge >= 0.3 is 0 Å². The van der Waals surface area contributed by atoms with Gasteiger partial charge in [0.05, 0.1) is 6.61 Å². The fourth-order valence-electron chi connectivity index (χ4n) is 1.96. The van der Waals surface area contributed by atoms with Gasteiger partial charge in [-0.2, -0.15) is 0 Å². The highest BCUT2D eigenvalue weighted by Crippen LogP contribution is 2.16. The highest BCUT2D eigenvalue weighted by molar-refractivity contribution is 5.45. The molecule has 2 aromatic carbocycles. The van der Waals surface area contributed by atoms with Crippen molar-refractivity contribution in [2.75, 3.05) is 11.9 Å². The predicted octanol–water partition coefficient (Wildman–Crippen LogP) is 4.79. The van der Waals surface area contributed by atoms with Crippen LogP contribution in [0.4, 0.5) is 5.69 Å². The number of benzene rings is 2. The number of nitrogens with one attached hydrogen (secondary N) is 1. The van der Waals surface area contributed by atoms with E-state index < -0.39 is 0 Å². The van der Waals surface area contributed by atoms with Crippen molar-refractivity contribution in [3.05, 3.63) is 59.7 Å². The molecule has 0 aliphatic heterocycles. The lowest BCUT2D eigenvalue weighted by molar-refractivity contribution is 0.309.